The number of hydrogen-bond acceptors (Lipinski definition) is 10. The van der Waals surface area contributed by atoms with E-state index >= 15 is 0 Å². The van der Waals surface area contributed by atoms with Gasteiger partial charge in [0, 0.05) is 51.9 Å². The highest BCUT2D eigenvalue weighted by molar-refractivity contribution is 5.76. The molecule has 0 radical (unpaired) electrons. The number of anilines is 3. The number of carbonyl (C=O) groups is 1. The number of hydrogen-bond donors (Lipinski definition) is 1. The lowest BCUT2D eigenvalue weighted by molar-refractivity contribution is -0.131. The van der Waals surface area contributed by atoms with Crippen molar-refractivity contribution in [3.05, 3.63) is 11.9 Å². The van der Waals surface area contributed by atoms with Crippen LogP contribution in [0.5, 0.6) is 0 Å². The number of halogens is 2. The molecular formula is C20H27F2N9O2. The fraction of sp³-hybridized carbons (Fsp3) is 0.600. The SMILES string of the molecule is CCCC(=O)N1CCN(c2nc(-c3cnc(N)nc3C(F)F)nc(N3CCOCC3)n2)CC1. The van der Waals surface area contributed by atoms with Gasteiger partial charge in [0.15, 0.2) is 5.82 Å². The summed E-state index contributed by atoms with van der Waals surface area (Å²) in [5, 5.41) is 0. The monoisotopic (exact) mass is 463 g/mol. The summed E-state index contributed by atoms with van der Waals surface area (Å²) >= 11 is 0. The van der Waals surface area contributed by atoms with Crippen LogP contribution in [0.25, 0.3) is 11.4 Å². The fourth-order valence-corrected chi connectivity index (χ4v) is 3.80. The molecule has 2 N–H and O–H groups in total. The van der Waals surface area contributed by atoms with Crippen molar-refractivity contribution >= 4 is 23.8 Å². The largest absolute Gasteiger partial charge is 0.378 e. The number of nitrogens with two attached hydrogens (primary N) is 1. The molecule has 4 heterocycles. The zero-order chi connectivity index (χ0) is 23.4. The van der Waals surface area contributed by atoms with E-state index in [1.54, 1.807) is 0 Å². The fourth-order valence-electron chi connectivity index (χ4n) is 3.80. The Morgan fingerprint density at radius 2 is 1.67 bits per heavy atom. The first kappa shape index (κ1) is 23.0. The Kier molecular flexibility index (Phi) is 7.06. The van der Waals surface area contributed by atoms with Gasteiger partial charge in [0.25, 0.3) is 6.43 Å². The van der Waals surface area contributed by atoms with Gasteiger partial charge >= 0.3 is 0 Å². The highest BCUT2D eigenvalue weighted by Gasteiger charge is 2.27. The Hall–Kier alpha value is -3.22. The first-order valence-corrected chi connectivity index (χ1v) is 11.0. The molecule has 33 heavy (non-hydrogen) atoms. The third kappa shape index (κ3) is 5.24. The van der Waals surface area contributed by atoms with E-state index in [1.165, 1.54) is 6.20 Å². The highest BCUT2D eigenvalue weighted by Crippen LogP contribution is 2.30. The van der Waals surface area contributed by atoms with Crippen molar-refractivity contribution in [2.24, 2.45) is 0 Å². The maximum Gasteiger partial charge on any atom is 0.281 e. The number of amides is 1. The van der Waals surface area contributed by atoms with Gasteiger partial charge in [0.05, 0.1) is 18.8 Å². The van der Waals surface area contributed by atoms with E-state index in [4.69, 9.17) is 10.5 Å². The van der Waals surface area contributed by atoms with E-state index in [9.17, 15) is 13.6 Å². The number of piperazine rings is 1. The Labute approximate surface area is 190 Å². The smallest absolute Gasteiger partial charge is 0.281 e. The van der Waals surface area contributed by atoms with Crippen LogP contribution >= 0.6 is 0 Å². The standard InChI is InChI=1S/C20H27F2N9O2/c1-2-3-14(32)29-4-6-30(7-5-29)19-26-17(13-12-24-18(23)25-15(13)16(21)22)27-20(28-19)31-8-10-33-11-9-31/h12,16H,2-11H2,1H3,(H2,23,24,25). The number of aromatic nitrogens is 5. The van der Waals surface area contributed by atoms with Crippen molar-refractivity contribution in [1.29, 1.82) is 0 Å². The van der Waals surface area contributed by atoms with Crippen LogP contribution in [0, 0.1) is 0 Å². The zero-order valence-electron chi connectivity index (χ0n) is 18.5. The second-order valence-corrected chi connectivity index (χ2v) is 7.80. The number of alkyl halides is 2. The lowest BCUT2D eigenvalue weighted by Crippen LogP contribution is -2.49. The van der Waals surface area contributed by atoms with Crippen LogP contribution in [0.2, 0.25) is 0 Å². The summed E-state index contributed by atoms with van der Waals surface area (Å²) < 4.78 is 32.8. The molecule has 0 unspecified atom stereocenters. The summed E-state index contributed by atoms with van der Waals surface area (Å²) in [6, 6.07) is 0. The quantitative estimate of drug-likeness (QED) is 0.666. The molecule has 0 aromatic carbocycles. The van der Waals surface area contributed by atoms with E-state index < -0.39 is 12.1 Å². The van der Waals surface area contributed by atoms with Crippen LogP contribution in [0.1, 0.15) is 31.9 Å². The zero-order valence-corrected chi connectivity index (χ0v) is 18.5. The molecule has 2 saturated heterocycles. The Morgan fingerprint density at radius 3 is 2.27 bits per heavy atom. The van der Waals surface area contributed by atoms with E-state index in [0.717, 1.165) is 6.42 Å². The molecule has 0 aliphatic carbocycles. The van der Waals surface area contributed by atoms with Gasteiger partial charge in [-0.1, -0.05) is 6.92 Å². The summed E-state index contributed by atoms with van der Waals surface area (Å²) in [6.45, 7) is 6.29. The maximum atomic E-state index is 13.7. The number of rotatable bonds is 6. The Balaban J connectivity index is 1.67. The summed E-state index contributed by atoms with van der Waals surface area (Å²) in [7, 11) is 0. The third-order valence-corrected chi connectivity index (χ3v) is 5.57. The number of carbonyl (C=O) groups excluding carboxylic acids is 1. The average molecular weight is 463 g/mol. The van der Waals surface area contributed by atoms with Gasteiger partial charge in [-0.2, -0.15) is 15.0 Å². The molecule has 13 heteroatoms. The first-order chi connectivity index (χ1) is 16.0. The molecule has 2 aliphatic rings. The molecule has 2 aromatic heterocycles. The van der Waals surface area contributed by atoms with Crippen molar-refractivity contribution in [1.82, 2.24) is 29.8 Å². The molecule has 2 fully saturated rings. The lowest BCUT2D eigenvalue weighted by atomic mass is 10.2. The van der Waals surface area contributed by atoms with Gasteiger partial charge in [-0.3, -0.25) is 4.79 Å². The van der Waals surface area contributed by atoms with Crippen molar-refractivity contribution in [2.45, 2.75) is 26.2 Å². The molecule has 0 saturated carbocycles. The third-order valence-electron chi connectivity index (χ3n) is 5.57. The van der Waals surface area contributed by atoms with Gasteiger partial charge in [-0.05, 0) is 6.42 Å². The molecule has 11 nitrogen and oxygen atoms in total. The van der Waals surface area contributed by atoms with Crippen LogP contribution in [-0.4, -0.2) is 88.2 Å². The van der Waals surface area contributed by atoms with Crippen molar-refractivity contribution in [3.63, 3.8) is 0 Å². The number of morpholine rings is 1. The van der Waals surface area contributed by atoms with Crippen LogP contribution in [0.4, 0.5) is 26.6 Å². The van der Waals surface area contributed by atoms with Gasteiger partial charge in [0.2, 0.25) is 23.8 Å². The van der Waals surface area contributed by atoms with Crippen LogP contribution in [-0.2, 0) is 9.53 Å². The minimum Gasteiger partial charge on any atom is -0.378 e. The number of nitrogens with zero attached hydrogens (tertiary/aromatic N) is 8. The van der Waals surface area contributed by atoms with Gasteiger partial charge in [0.1, 0.15) is 5.69 Å². The number of nitrogen functional groups attached to an aromatic ring is 1. The van der Waals surface area contributed by atoms with Crippen LogP contribution < -0.4 is 15.5 Å². The Bertz CT molecular complexity index is 980. The molecule has 0 atom stereocenters. The molecule has 2 aliphatic heterocycles. The summed E-state index contributed by atoms with van der Waals surface area (Å²) in [5.41, 5.74) is 5.01. The molecule has 0 bridgehead atoms. The number of ether oxygens (including phenoxy) is 1. The second-order valence-electron chi connectivity index (χ2n) is 7.80. The van der Waals surface area contributed by atoms with E-state index in [2.05, 4.69) is 24.9 Å². The van der Waals surface area contributed by atoms with E-state index in [1.807, 2.05) is 21.6 Å². The van der Waals surface area contributed by atoms with Crippen molar-refractivity contribution in [2.75, 3.05) is 68.0 Å². The lowest BCUT2D eigenvalue weighted by Gasteiger charge is -2.35. The first-order valence-electron chi connectivity index (χ1n) is 11.0. The molecule has 2 aromatic rings. The normalized spacial score (nSPS) is 17.0. The molecular weight excluding hydrogens is 436 g/mol. The van der Waals surface area contributed by atoms with Crippen molar-refractivity contribution in [3.8, 4) is 11.4 Å². The van der Waals surface area contributed by atoms with Crippen molar-refractivity contribution < 1.29 is 18.3 Å². The van der Waals surface area contributed by atoms with E-state index in [0.29, 0.717) is 70.8 Å². The minimum absolute atomic E-state index is 0.00844. The highest BCUT2D eigenvalue weighted by atomic mass is 19.3. The molecule has 0 spiro atoms. The molecule has 1 amide bonds. The summed E-state index contributed by atoms with van der Waals surface area (Å²) in [5.74, 6) is 0.676. The maximum absolute atomic E-state index is 13.7. The van der Waals surface area contributed by atoms with Gasteiger partial charge in [-0.15, -0.1) is 0 Å². The Morgan fingerprint density at radius 1 is 1.03 bits per heavy atom. The van der Waals surface area contributed by atoms with E-state index in [-0.39, 0.29) is 23.2 Å². The predicted molar refractivity (Wildman–Crippen MR) is 117 cm³/mol. The average Bonchev–Trinajstić information content (AvgIpc) is 2.84. The second kappa shape index (κ2) is 10.1. The molecule has 178 valence electrons. The summed E-state index contributed by atoms with van der Waals surface area (Å²) in [4.78, 5) is 39.1. The molecule has 4 rings (SSSR count). The topological polar surface area (TPSA) is 126 Å². The van der Waals surface area contributed by atoms with Gasteiger partial charge in [-0.25, -0.2) is 18.7 Å². The minimum atomic E-state index is -2.87. The van der Waals surface area contributed by atoms with Crippen LogP contribution in [0.3, 0.4) is 0 Å². The predicted octanol–water partition coefficient (Wildman–Crippen LogP) is 1.13. The summed E-state index contributed by atoms with van der Waals surface area (Å²) in [6.07, 6.45) is -0.335. The van der Waals surface area contributed by atoms with Crippen LogP contribution in [0.15, 0.2) is 6.20 Å². The van der Waals surface area contributed by atoms with Gasteiger partial charge < -0.3 is 25.2 Å².